The third-order valence-electron chi connectivity index (χ3n) is 6.72. The Kier molecular flexibility index (Phi) is 16.5. The first-order chi connectivity index (χ1) is 20.7. The maximum atomic E-state index is 6.03. The first-order valence-corrected chi connectivity index (χ1v) is 15.4. The van der Waals surface area contributed by atoms with Crippen LogP contribution >= 0.6 is 11.3 Å². The Morgan fingerprint density at radius 2 is 1.40 bits per heavy atom. The van der Waals surface area contributed by atoms with Crippen molar-refractivity contribution in [3.63, 3.8) is 0 Å². The van der Waals surface area contributed by atoms with Gasteiger partial charge in [0, 0.05) is 51.6 Å². The van der Waals surface area contributed by atoms with Gasteiger partial charge in [-0.3, -0.25) is 4.90 Å². The fourth-order valence-electron chi connectivity index (χ4n) is 4.51. The summed E-state index contributed by atoms with van der Waals surface area (Å²) >= 11 is 1.73. The SMILES string of the molecule is COCCOc1cccc(Cc2nc(COCCOCCN3CCOCC3)c(Cc3cccc(OCCOC)c3)s2)c1.N. The van der Waals surface area contributed by atoms with Crippen LogP contribution in [0.3, 0.4) is 0 Å². The molecule has 0 spiro atoms. The predicted octanol–water partition coefficient (Wildman–Crippen LogP) is 4.40. The molecule has 0 atom stereocenters. The summed E-state index contributed by atoms with van der Waals surface area (Å²) in [6.45, 7) is 8.88. The minimum atomic E-state index is 0. The standard InChI is InChI=1S/C32H44N2O7S.H3N/c1-35-15-19-40-28-7-3-5-26(21-28)23-31-30(25-39-18-17-38-14-11-34-9-12-37-13-10-34)33-32(42-31)24-27-6-4-8-29(22-27)41-20-16-36-2;/h3-8,21-22H,9-20,23-25H2,1-2H3;1H3. The van der Waals surface area contributed by atoms with E-state index in [4.69, 9.17) is 38.1 Å². The number of morpholine rings is 1. The van der Waals surface area contributed by atoms with Crippen molar-refractivity contribution in [2.45, 2.75) is 19.4 Å². The summed E-state index contributed by atoms with van der Waals surface area (Å²) in [5.41, 5.74) is 3.29. The van der Waals surface area contributed by atoms with Crippen LogP contribution in [0.25, 0.3) is 0 Å². The highest BCUT2D eigenvalue weighted by atomic mass is 32.1. The van der Waals surface area contributed by atoms with Crippen molar-refractivity contribution in [1.29, 1.82) is 0 Å². The molecule has 1 aromatic heterocycles. The van der Waals surface area contributed by atoms with Gasteiger partial charge in [0.15, 0.2) is 0 Å². The minimum absolute atomic E-state index is 0. The van der Waals surface area contributed by atoms with E-state index in [0.29, 0.717) is 52.9 Å². The van der Waals surface area contributed by atoms with Crippen LogP contribution in [0.1, 0.15) is 26.7 Å². The van der Waals surface area contributed by atoms with Gasteiger partial charge in [-0.2, -0.15) is 0 Å². The lowest BCUT2D eigenvalue weighted by Crippen LogP contribution is -2.38. The van der Waals surface area contributed by atoms with Gasteiger partial charge in [-0.25, -0.2) is 4.98 Å². The predicted molar refractivity (Wildman–Crippen MR) is 168 cm³/mol. The van der Waals surface area contributed by atoms with Gasteiger partial charge >= 0.3 is 0 Å². The van der Waals surface area contributed by atoms with Crippen molar-refractivity contribution < 1.29 is 33.2 Å². The monoisotopic (exact) mass is 617 g/mol. The van der Waals surface area contributed by atoms with Gasteiger partial charge in [0.05, 0.1) is 63.6 Å². The Balaban J connectivity index is 0.00000506. The lowest BCUT2D eigenvalue weighted by molar-refractivity contribution is 0.00551. The molecule has 11 heteroatoms. The van der Waals surface area contributed by atoms with Crippen LogP contribution in [-0.2, 0) is 43.1 Å². The van der Waals surface area contributed by atoms with Gasteiger partial charge < -0.3 is 39.3 Å². The van der Waals surface area contributed by atoms with Crippen molar-refractivity contribution >= 4 is 11.3 Å². The van der Waals surface area contributed by atoms with E-state index >= 15 is 0 Å². The molecule has 0 unspecified atom stereocenters. The molecule has 2 aromatic carbocycles. The number of hydrogen-bond donors (Lipinski definition) is 1. The van der Waals surface area contributed by atoms with Crippen molar-refractivity contribution in [3.8, 4) is 11.5 Å². The van der Waals surface area contributed by atoms with Crippen molar-refractivity contribution in [1.82, 2.24) is 16.0 Å². The Morgan fingerprint density at radius 3 is 2.05 bits per heavy atom. The Bertz CT molecular complexity index is 1170. The Hall–Kier alpha value is -2.61. The summed E-state index contributed by atoms with van der Waals surface area (Å²) in [5.74, 6) is 1.68. The molecule has 238 valence electrons. The van der Waals surface area contributed by atoms with E-state index < -0.39 is 0 Å². The number of thiazole rings is 1. The van der Waals surface area contributed by atoms with E-state index in [0.717, 1.165) is 73.5 Å². The average molecular weight is 618 g/mol. The molecule has 0 amide bonds. The van der Waals surface area contributed by atoms with E-state index in [-0.39, 0.29) is 6.15 Å². The summed E-state index contributed by atoms with van der Waals surface area (Å²) in [6.07, 6.45) is 1.48. The fraction of sp³-hybridized carbons (Fsp3) is 0.531. The first kappa shape index (κ1) is 34.9. The van der Waals surface area contributed by atoms with E-state index in [1.54, 1.807) is 25.6 Å². The van der Waals surface area contributed by atoms with Crippen LogP contribution in [0.4, 0.5) is 0 Å². The zero-order valence-electron chi connectivity index (χ0n) is 25.6. The number of ether oxygens (including phenoxy) is 7. The number of hydrogen-bond acceptors (Lipinski definition) is 11. The lowest BCUT2D eigenvalue weighted by Gasteiger charge is -2.26. The van der Waals surface area contributed by atoms with Crippen LogP contribution in [0.15, 0.2) is 48.5 Å². The smallest absolute Gasteiger partial charge is 0.119 e. The number of methoxy groups -OCH3 is 2. The third kappa shape index (κ3) is 12.9. The number of nitrogens with zero attached hydrogens (tertiary/aromatic N) is 2. The molecular weight excluding hydrogens is 570 g/mol. The largest absolute Gasteiger partial charge is 0.491 e. The molecule has 2 heterocycles. The molecule has 0 bridgehead atoms. The molecular formula is C32H47N3O7S. The molecule has 3 N–H and O–H groups in total. The summed E-state index contributed by atoms with van der Waals surface area (Å²) in [5, 5.41) is 1.05. The molecule has 0 radical (unpaired) electrons. The van der Waals surface area contributed by atoms with Crippen molar-refractivity contribution in [3.05, 3.63) is 75.2 Å². The number of benzene rings is 2. The number of rotatable bonds is 20. The van der Waals surface area contributed by atoms with E-state index in [2.05, 4.69) is 29.2 Å². The van der Waals surface area contributed by atoms with Gasteiger partial charge in [0.1, 0.15) is 24.7 Å². The Morgan fingerprint density at radius 1 is 0.767 bits per heavy atom. The topological polar surface area (TPSA) is 116 Å². The molecule has 1 saturated heterocycles. The summed E-state index contributed by atoms with van der Waals surface area (Å²) in [6, 6.07) is 16.4. The Labute approximate surface area is 259 Å². The van der Waals surface area contributed by atoms with E-state index in [1.807, 2.05) is 24.3 Å². The minimum Gasteiger partial charge on any atom is -0.491 e. The fourth-order valence-corrected chi connectivity index (χ4v) is 5.65. The van der Waals surface area contributed by atoms with Crippen molar-refractivity contribution in [2.75, 3.05) is 93.3 Å². The van der Waals surface area contributed by atoms with Gasteiger partial charge in [-0.15, -0.1) is 11.3 Å². The third-order valence-corrected chi connectivity index (χ3v) is 7.82. The van der Waals surface area contributed by atoms with Crippen molar-refractivity contribution in [2.24, 2.45) is 0 Å². The van der Waals surface area contributed by atoms with Crippen LogP contribution in [0.5, 0.6) is 11.5 Å². The molecule has 3 aromatic rings. The summed E-state index contributed by atoms with van der Waals surface area (Å²) in [7, 11) is 3.35. The van der Waals surface area contributed by atoms with Gasteiger partial charge in [0.25, 0.3) is 0 Å². The van der Waals surface area contributed by atoms with E-state index in [9.17, 15) is 0 Å². The second-order valence-corrected chi connectivity index (χ2v) is 11.1. The molecule has 4 rings (SSSR count). The normalized spacial score (nSPS) is 13.5. The maximum Gasteiger partial charge on any atom is 0.119 e. The molecule has 43 heavy (non-hydrogen) atoms. The quantitative estimate of drug-likeness (QED) is 0.183. The average Bonchev–Trinajstić information content (AvgIpc) is 3.38. The second-order valence-electron chi connectivity index (χ2n) is 9.93. The van der Waals surface area contributed by atoms with Crippen LogP contribution in [0, 0.1) is 0 Å². The number of aromatic nitrogens is 1. The molecule has 1 aliphatic rings. The molecule has 10 nitrogen and oxygen atoms in total. The van der Waals surface area contributed by atoms with Gasteiger partial charge in [-0.05, 0) is 35.4 Å². The lowest BCUT2D eigenvalue weighted by atomic mass is 10.1. The first-order valence-electron chi connectivity index (χ1n) is 14.6. The highest BCUT2D eigenvalue weighted by molar-refractivity contribution is 7.11. The van der Waals surface area contributed by atoms with Crippen LogP contribution in [0.2, 0.25) is 0 Å². The van der Waals surface area contributed by atoms with Crippen LogP contribution < -0.4 is 15.6 Å². The zero-order valence-corrected chi connectivity index (χ0v) is 26.4. The molecule has 0 saturated carbocycles. The molecule has 1 fully saturated rings. The summed E-state index contributed by atoms with van der Waals surface area (Å²) < 4.78 is 39.1. The van der Waals surface area contributed by atoms with Crippen LogP contribution in [-0.4, -0.2) is 103 Å². The molecule has 1 aliphatic heterocycles. The second kappa shape index (κ2) is 20.4. The summed E-state index contributed by atoms with van der Waals surface area (Å²) in [4.78, 5) is 8.57. The van der Waals surface area contributed by atoms with Gasteiger partial charge in [0.2, 0.25) is 0 Å². The maximum absolute atomic E-state index is 6.03. The molecule has 0 aliphatic carbocycles. The van der Waals surface area contributed by atoms with E-state index in [1.165, 1.54) is 10.4 Å². The highest BCUT2D eigenvalue weighted by Crippen LogP contribution is 2.27. The zero-order chi connectivity index (χ0) is 29.2. The highest BCUT2D eigenvalue weighted by Gasteiger charge is 2.14. The van der Waals surface area contributed by atoms with Gasteiger partial charge in [-0.1, -0.05) is 24.3 Å².